The molecule has 0 amide bonds. The van der Waals surface area contributed by atoms with Crippen molar-refractivity contribution in [3.63, 3.8) is 0 Å². The number of hydrogen-bond donors (Lipinski definition) is 0. The van der Waals surface area contributed by atoms with E-state index in [9.17, 15) is 9.59 Å². The Bertz CT molecular complexity index is 1120. The van der Waals surface area contributed by atoms with Crippen molar-refractivity contribution >= 4 is 11.8 Å². The predicted octanol–water partition coefficient (Wildman–Crippen LogP) is 7.14. The molecule has 5 aliphatic carbocycles. The Morgan fingerprint density at radius 2 is 1.78 bits per heavy atom. The number of ether oxygens (including phenoxy) is 1. The molecule has 5 heteroatoms. The molecule has 9 atom stereocenters. The van der Waals surface area contributed by atoms with Gasteiger partial charge in [0.1, 0.15) is 11.5 Å². The summed E-state index contributed by atoms with van der Waals surface area (Å²) in [4.78, 5) is 26.4. The summed E-state index contributed by atoms with van der Waals surface area (Å²) in [6.07, 6.45) is 11.4. The lowest BCUT2D eigenvalue weighted by Crippen LogP contribution is -2.68. The van der Waals surface area contributed by atoms with Crippen LogP contribution in [0.5, 0.6) is 0 Å². The number of aromatic nitrogens is 1. The van der Waals surface area contributed by atoms with Gasteiger partial charge < -0.3 is 9.26 Å². The minimum Gasteiger partial charge on any atom is -0.465 e. The van der Waals surface area contributed by atoms with Crippen LogP contribution in [-0.4, -0.2) is 23.5 Å². The summed E-state index contributed by atoms with van der Waals surface area (Å²) in [5.41, 5.74) is 1.58. The fourth-order valence-electron chi connectivity index (χ4n) is 11.2. The quantitative estimate of drug-likeness (QED) is 0.396. The van der Waals surface area contributed by atoms with Crippen molar-refractivity contribution in [2.75, 3.05) is 6.61 Å². The molecule has 0 saturated heterocycles. The van der Waals surface area contributed by atoms with E-state index in [4.69, 9.17) is 9.26 Å². The van der Waals surface area contributed by atoms with Gasteiger partial charge in [-0.2, -0.15) is 0 Å². The van der Waals surface area contributed by atoms with Crippen molar-refractivity contribution in [3.05, 3.63) is 17.5 Å². The smallest absolute Gasteiger partial charge is 0.302 e. The van der Waals surface area contributed by atoms with E-state index >= 15 is 0 Å². The molecule has 0 aromatic carbocycles. The molecule has 5 aliphatic rings. The van der Waals surface area contributed by atoms with Crippen LogP contribution in [0.4, 0.5) is 0 Å². The van der Waals surface area contributed by atoms with E-state index in [-0.39, 0.29) is 39.0 Å². The van der Waals surface area contributed by atoms with Crippen LogP contribution in [0.1, 0.15) is 117 Å². The molecule has 204 valence electrons. The highest BCUT2D eigenvalue weighted by molar-refractivity contribution is 5.84. The highest BCUT2D eigenvalue weighted by Crippen LogP contribution is 2.75. The second-order valence-electron chi connectivity index (χ2n) is 15.5. The van der Waals surface area contributed by atoms with E-state index < -0.39 is 0 Å². The number of nitrogens with zero attached hydrogens (tertiary/aromatic N) is 1. The molecular weight excluding hydrogens is 462 g/mol. The maximum absolute atomic E-state index is 14.5. The fourth-order valence-corrected chi connectivity index (χ4v) is 11.2. The highest BCUT2D eigenvalue weighted by Gasteiger charge is 2.71. The molecule has 4 saturated carbocycles. The summed E-state index contributed by atoms with van der Waals surface area (Å²) in [6.45, 7) is 16.6. The third kappa shape index (κ3) is 3.37. The van der Waals surface area contributed by atoms with Crippen LogP contribution >= 0.6 is 0 Å². The molecular formula is C32H47NO4. The van der Waals surface area contributed by atoms with Crippen molar-refractivity contribution in [1.82, 2.24) is 5.16 Å². The number of rotatable bonds is 2. The third-order valence-electron chi connectivity index (χ3n) is 13.4. The summed E-state index contributed by atoms with van der Waals surface area (Å²) in [7, 11) is 0. The molecule has 0 spiro atoms. The lowest BCUT2D eigenvalue weighted by atomic mass is 9.32. The van der Waals surface area contributed by atoms with Gasteiger partial charge in [-0.1, -0.05) is 46.7 Å². The van der Waals surface area contributed by atoms with Crippen LogP contribution in [-0.2, 0) is 20.7 Å². The van der Waals surface area contributed by atoms with Gasteiger partial charge in [-0.3, -0.25) is 9.59 Å². The molecule has 0 unspecified atom stereocenters. The number of carbonyl (C=O) groups is 2. The van der Waals surface area contributed by atoms with Crippen LogP contribution in [0, 0.1) is 50.7 Å². The standard InChI is InChI=1S/C32H47NO4/c1-19-22-8-9-30(6)25(29(22,5)15-21-17-33-37-27(19)21)14-24(35)26-23-16-28(3,4)10-12-32(23,18-36-20(2)34)13-11-31(26,30)7/h17,19,22-23,25-26H,8-16,18H2,1-7H3/t19-,22-,23-,25+,26-,29-,30+,31+,32+/m0/s1. The van der Waals surface area contributed by atoms with Crippen LogP contribution < -0.4 is 0 Å². The second kappa shape index (κ2) is 7.94. The van der Waals surface area contributed by atoms with E-state index in [0.29, 0.717) is 42.5 Å². The Morgan fingerprint density at radius 3 is 2.51 bits per heavy atom. The zero-order valence-corrected chi connectivity index (χ0v) is 24.1. The van der Waals surface area contributed by atoms with E-state index in [1.165, 1.54) is 25.3 Å². The molecule has 5 nitrogen and oxygen atoms in total. The van der Waals surface area contributed by atoms with Crippen molar-refractivity contribution in [2.45, 2.75) is 112 Å². The van der Waals surface area contributed by atoms with E-state index in [1.54, 1.807) is 0 Å². The van der Waals surface area contributed by atoms with Crippen molar-refractivity contribution in [2.24, 2.45) is 50.7 Å². The average molecular weight is 510 g/mol. The normalized spacial score (nSPS) is 48.1. The Hall–Kier alpha value is -1.65. The number of hydrogen-bond acceptors (Lipinski definition) is 5. The van der Waals surface area contributed by atoms with Gasteiger partial charge in [-0.25, -0.2) is 0 Å². The third-order valence-corrected chi connectivity index (χ3v) is 13.4. The lowest BCUT2D eigenvalue weighted by Gasteiger charge is -2.71. The Morgan fingerprint density at radius 1 is 1.05 bits per heavy atom. The van der Waals surface area contributed by atoms with Crippen molar-refractivity contribution in [1.29, 1.82) is 0 Å². The zero-order chi connectivity index (χ0) is 26.6. The average Bonchev–Trinajstić information content (AvgIpc) is 3.28. The summed E-state index contributed by atoms with van der Waals surface area (Å²) >= 11 is 0. The maximum atomic E-state index is 14.5. The van der Waals surface area contributed by atoms with Gasteiger partial charge in [-0.15, -0.1) is 0 Å². The first-order valence-corrected chi connectivity index (χ1v) is 14.9. The summed E-state index contributed by atoms with van der Waals surface area (Å²) in [5, 5.41) is 4.18. The highest BCUT2D eigenvalue weighted by atomic mass is 16.5. The van der Waals surface area contributed by atoms with Gasteiger partial charge in [0.2, 0.25) is 0 Å². The zero-order valence-electron chi connectivity index (χ0n) is 24.1. The van der Waals surface area contributed by atoms with Gasteiger partial charge in [0, 0.05) is 36.2 Å². The first-order valence-electron chi connectivity index (χ1n) is 14.9. The summed E-state index contributed by atoms with van der Waals surface area (Å²) in [5.74, 6) is 2.97. The van der Waals surface area contributed by atoms with E-state index in [2.05, 4.69) is 46.7 Å². The Labute approximate surface area is 222 Å². The first kappa shape index (κ1) is 25.6. The van der Waals surface area contributed by atoms with Crippen LogP contribution in [0.3, 0.4) is 0 Å². The van der Waals surface area contributed by atoms with Gasteiger partial charge in [0.25, 0.3) is 0 Å². The van der Waals surface area contributed by atoms with Crippen molar-refractivity contribution in [3.8, 4) is 0 Å². The molecule has 6 rings (SSSR count). The number of carbonyl (C=O) groups excluding carboxylic acids is 2. The number of Topliss-reactive ketones (excluding diaryl/α,β-unsaturated/α-hetero) is 1. The molecule has 0 aliphatic heterocycles. The largest absolute Gasteiger partial charge is 0.465 e. The molecule has 1 heterocycles. The fraction of sp³-hybridized carbons (Fsp3) is 0.844. The van der Waals surface area contributed by atoms with Gasteiger partial charge >= 0.3 is 5.97 Å². The Kier molecular flexibility index (Phi) is 5.50. The Balaban J connectivity index is 1.41. The number of esters is 1. The van der Waals surface area contributed by atoms with E-state index in [1.807, 2.05) is 6.20 Å². The van der Waals surface area contributed by atoms with Crippen LogP contribution in [0.15, 0.2) is 10.7 Å². The predicted molar refractivity (Wildman–Crippen MR) is 142 cm³/mol. The molecule has 0 radical (unpaired) electrons. The van der Waals surface area contributed by atoms with Crippen LogP contribution in [0.25, 0.3) is 0 Å². The van der Waals surface area contributed by atoms with Gasteiger partial charge in [0.05, 0.1) is 12.8 Å². The molecule has 0 bridgehead atoms. The SMILES string of the molecule is CC(=O)OC[C@]12CCC(C)(C)C[C@H]1[C@H]1C(=O)C[C@@H]3[C@@]4(C)Cc5cnoc5[C@@H](C)[C@@H]4CC[C@@]3(C)[C@]1(C)CC2. The molecule has 1 aromatic heterocycles. The molecule has 0 N–H and O–H groups in total. The number of ketones is 1. The van der Waals surface area contributed by atoms with Gasteiger partial charge in [-0.05, 0) is 90.8 Å². The molecule has 4 fully saturated rings. The molecule has 37 heavy (non-hydrogen) atoms. The summed E-state index contributed by atoms with van der Waals surface area (Å²) in [6, 6.07) is 0. The van der Waals surface area contributed by atoms with Crippen LogP contribution in [0.2, 0.25) is 0 Å². The summed E-state index contributed by atoms with van der Waals surface area (Å²) < 4.78 is 11.5. The first-order chi connectivity index (χ1) is 17.3. The van der Waals surface area contributed by atoms with Crippen molar-refractivity contribution < 1.29 is 18.8 Å². The minimum absolute atomic E-state index is 0.0308. The topological polar surface area (TPSA) is 69.4 Å². The minimum atomic E-state index is -0.195. The lowest BCUT2D eigenvalue weighted by molar-refractivity contribution is -0.230. The second-order valence-corrected chi connectivity index (χ2v) is 15.5. The molecule has 1 aromatic rings. The monoisotopic (exact) mass is 509 g/mol. The van der Waals surface area contributed by atoms with E-state index in [0.717, 1.165) is 44.3 Å². The maximum Gasteiger partial charge on any atom is 0.302 e. The van der Waals surface area contributed by atoms with Gasteiger partial charge in [0.15, 0.2) is 0 Å². The number of fused-ring (bicyclic) bond motifs is 8.